The summed E-state index contributed by atoms with van der Waals surface area (Å²) in [6, 6.07) is 84.0. The number of anilines is 3. The highest BCUT2D eigenvalue weighted by Crippen LogP contribution is 2.43. The number of benzene rings is 9. The summed E-state index contributed by atoms with van der Waals surface area (Å²) in [4.78, 5) is 2.34. The summed E-state index contributed by atoms with van der Waals surface area (Å²) in [6.45, 7) is 0. The second-order valence-electron chi connectivity index (χ2n) is 14.5. The molecule has 2 nitrogen and oxygen atoms in total. The van der Waals surface area contributed by atoms with Crippen LogP contribution in [0.15, 0.2) is 241 Å². The summed E-state index contributed by atoms with van der Waals surface area (Å²) in [5.41, 5.74) is 16.9. The van der Waals surface area contributed by atoms with E-state index in [4.69, 9.17) is 4.42 Å². The molecular weight excluding hydrogens is 703 g/mol. The zero-order chi connectivity index (χ0) is 38.7. The van der Waals surface area contributed by atoms with Gasteiger partial charge in [0.25, 0.3) is 0 Å². The zero-order valence-corrected chi connectivity index (χ0v) is 31.9. The van der Waals surface area contributed by atoms with Gasteiger partial charge in [-0.25, -0.2) is 0 Å². The Morgan fingerprint density at radius 2 is 0.655 bits per heavy atom. The van der Waals surface area contributed by atoms with E-state index in [1.54, 1.807) is 0 Å². The van der Waals surface area contributed by atoms with E-state index in [0.29, 0.717) is 0 Å². The molecule has 0 amide bonds. The molecule has 274 valence electrons. The highest BCUT2D eigenvalue weighted by atomic mass is 16.3. The van der Waals surface area contributed by atoms with Crippen LogP contribution in [0.4, 0.5) is 17.1 Å². The van der Waals surface area contributed by atoms with Gasteiger partial charge in [-0.2, -0.15) is 0 Å². The summed E-state index contributed by atoms with van der Waals surface area (Å²) >= 11 is 0. The number of rotatable bonds is 9. The van der Waals surface area contributed by atoms with Crippen molar-refractivity contribution in [1.82, 2.24) is 0 Å². The lowest BCUT2D eigenvalue weighted by molar-refractivity contribution is 0.632. The van der Waals surface area contributed by atoms with Crippen LogP contribution in [0.25, 0.3) is 77.9 Å². The van der Waals surface area contributed by atoms with Crippen molar-refractivity contribution in [3.05, 3.63) is 237 Å². The zero-order valence-electron chi connectivity index (χ0n) is 31.9. The first kappa shape index (κ1) is 34.8. The van der Waals surface area contributed by atoms with Crippen molar-refractivity contribution in [2.45, 2.75) is 0 Å². The lowest BCUT2D eigenvalue weighted by Crippen LogP contribution is -2.10. The second kappa shape index (κ2) is 15.5. The van der Waals surface area contributed by atoms with Gasteiger partial charge in [0, 0.05) is 33.6 Å². The quantitative estimate of drug-likeness (QED) is 0.146. The van der Waals surface area contributed by atoms with Crippen LogP contribution >= 0.6 is 0 Å². The lowest BCUT2D eigenvalue weighted by atomic mass is 9.96. The van der Waals surface area contributed by atoms with Gasteiger partial charge in [0.05, 0.1) is 0 Å². The Hall–Kier alpha value is -7.68. The Balaban J connectivity index is 1.00. The monoisotopic (exact) mass is 741 g/mol. The highest BCUT2D eigenvalue weighted by molar-refractivity contribution is 6.02. The average molecular weight is 742 g/mol. The van der Waals surface area contributed by atoms with Crippen LogP contribution in [-0.4, -0.2) is 0 Å². The predicted molar refractivity (Wildman–Crippen MR) is 244 cm³/mol. The third kappa shape index (κ3) is 6.89. The maximum Gasteiger partial charge on any atom is 0.143 e. The molecule has 0 aliphatic rings. The van der Waals surface area contributed by atoms with Crippen LogP contribution in [0.1, 0.15) is 0 Å². The van der Waals surface area contributed by atoms with E-state index in [2.05, 4.69) is 229 Å². The molecule has 0 atom stereocenters. The van der Waals surface area contributed by atoms with Crippen molar-refractivity contribution < 1.29 is 4.42 Å². The van der Waals surface area contributed by atoms with Crippen molar-refractivity contribution in [3.8, 4) is 67.0 Å². The molecular formula is C56H39NO. The molecule has 2 heteroatoms. The predicted octanol–water partition coefficient (Wildman–Crippen LogP) is 15.9. The molecule has 10 rings (SSSR count). The summed E-state index contributed by atoms with van der Waals surface area (Å²) in [5.74, 6) is 0.880. The number of fused-ring (bicyclic) bond motifs is 1. The van der Waals surface area contributed by atoms with Gasteiger partial charge in [-0.1, -0.05) is 188 Å². The van der Waals surface area contributed by atoms with Gasteiger partial charge >= 0.3 is 0 Å². The van der Waals surface area contributed by atoms with Crippen molar-refractivity contribution >= 4 is 28.0 Å². The van der Waals surface area contributed by atoms with Gasteiger partial charge in [-0.15, -0.1) is 0 Å². The summed E-state index contributed by atoms with van der Waals surface area (Å²) < 4.78 is 6.57. The number of furan rings is 1. The Labute approximate surface area is 339 Å². The molecule has 10 aromatic rings. The fourth-order valence-electron chi connectivity index (χ4n) is 7.97. The molecule has 0 spiro atoms. The number of hydrogen-bond donors (Lipinski definition) is 0. The summed E-state index contributed by atoms with van der Waals surface area (Å²) in [6.07, 6.45) is 0. The molecule has 0 aliphatic carbocycles. The number of hydrogen-bond acceptors (Lipinski definition) is 2. The van der Waals surface area contributed by atoms with Gasteiger partial charge in [0.1, 0.15) is 11.3 Å². The van der Waals surface area contributed by atoms with Crippen molar-refractivity contribution in [1.29, 1.82) is 0 Å². The Bertz CT molecular complexity index is 2950. The smallest absolute Gasteiger partial charge is 0.143 e. The molecule has 0 radical (unpaired) electrons. The van der Waals surface area contributed by atoms with Crippen molar-refractivity contribution in [2.75, 3.05) is 4.90 Å². The maximum atomic E-state index is 6.57. The van der Waals surface area contributed by atoms with E-state index in [-0.39, 0.29) is 0 Å². The largest absolute Gasteiger partial charge is 0.455 e. The van der Waals surface area contributed by atoms with Crippen LogP contribution in [-0.2, 0) is 0 Å². The molecule has 58 heavy (non-hydrogen) atoms. The first-order valence-electron chi connectivity index (χ1n) is 19.7. The Morgan fingerprint density at radius 3 is 1.24 bits per heavy atom. The van der Waals surface area contributed by atoms with E-state index in [0.717, 1.165) is 61.6 Å². The standard InChI is InChI=1S/C56H39NO/c1-4-14-40(15-5-1)42-26-28-43(29-27-42)44-30-34-50(35-31-44)57(52-23-13-21-48(39-52)41-16-6-2-7-17-41)51-36-32-45(33-37-51)47-20-12-22-49(38-47)56-55(46-18-8-3-9-19-46)53-24-10-11-25-54(53)58-56/h1-39H. The Morgan fingerprint density at radius 1 is 0.259 bits per heavy atom. The van der Waals surface area contributed by atoms with E-state index < -0.39 is 0 Å². The lowest BCUT2D eigenvalue weighted by Gasteiger charge is -2.26. The first-order chi connectivity index (χ1) is 28.7. The van der Waals surface area contributed by atoms with E-state index in [9.17, 15) is 0 Å². The van der Waals surface area contributed by atoms with E-state index >= 15 is 0 Å². The van der Waals surface area contributed by atoms with Crippen LogP contribution in [0.3, 0.4) is 0 Å². The van der Waals surface area contributed by atoms with Crippen LogP contribution in [0.2, 0.25) is 0 Å². The molecule has 0 unspecified atom stereocenters. The van der Waals surface area contributed by atoms with E-state index in [1.165, 1.54) is 33.4 Å². The molecule has 1 aromatic heterocycles. The molecule has 1 heterocycles. The minimum absolute atomic E-state index is 0.880. The normalized spacial score (nSPS) is 11.1. The summed E-state index contributed by atoms with van der Waals surface area (Å²) in [7, 11) is 0. The molecule has 0 saturated carbocycles. The summed E-state index contributed by atoms with van der Waals surface area (Å²) in [5, 5.41) is 1.11. The molecule has 0 saturated heterocycles. The van der Waals surface area contributed by atoms with Crippen LogP contribution in [0, 0.1) is 0 Å². The number of nitrogens with zero attached hydrogens (tertiary/aromatic N) is 1. The average Bonchev–Trinajstić information content (AvgIpc) is 3.71. The maximum absolute atomic E-state index is 6.57. The van der Waals surface area contributed by atoms with Crippen molar-refractivity contribution in [3.63, 3.8) is 0 Å². The van der Waals surface area contributed by atoms with E-state index in [1.807, 2.05) is 12.1 Å². The fourth-order valence-corrected chi connectivity index (χ4v) is 7.97. The molecule has 0 fully saturated rings. The molecule has 9 aromatic carbocycles. The fraction of sp³-hybridized carbons (Fsp3) is 0. The SMILES string of the molecule is c1ccc(-c2ccc(-c3ccc(N(c4ccc(-c5cccc(-c6oc7ccccc7c6-c6ccccc6)c5)cc4)c4cccc(-c5ccccc5)c4)cc3)cc2)cc1. The third-order valence-corrected chi connectivity index (χ3v) is 10.9. The van der Waals surface area contributed by atoms with Crippen LogP contribution < -0.4 is 4.90 Å². The second-order valence-corrected chi connectivity index (χ2v) is 14.5. The molecule has 0 N–H and O–H groups in total. The first-order valence-corrected chi connectivity index (χ1v) is 19.7. The Kier molecular flexibility index (Phi) is 9.27. The minimum Gasteiger partial charge on any atom is -0.455 e. The third-order valence-electron chi connectivity index (χ3n) is 10.9. The van der Waals surface area contributed by atoms with Gasteiger partial charge in [0.15, 0.2) is 0 Å². The van der Waals surface area contributed by atoms with Gasteiger partial charge < -0.3 is 9.32 Å². The topological polar surface area (TPSA) is 16.4 Å². The molecule has 0 bridgehead atoms. The van der Waals surface area contributed by atoms with Gasteiger partial charge in [-0.3, -0.25) is 0 Å². The van der Waals surface area contributed by atoms with Crippen molar-refractivity contribution in [2.24, 2.45) is 0 Å². The highest BCUT2D eigenvalue weighted by Gasteiger charge is 2.19. The number of para-hydroxylation sites is 1. The molecule has 0 aliphatic heterocycles. The minimum atomic E-state index is 0.880. The van der Waals surface area contributed by atoms with Gasteiger partial charge in [-0.05, 0) is 98.6 Å². The van der Waals surface area contributed by atoms with Crippen LogP contribution in [0.5, 0.6) is 0 Å². The van der Waals surface area contributed by atoms with Gasteiger partial charge in [0.2, 0.25) is 0 Å².